The van der Waals surface area contributed by atoms with Gasteiger partial charge in [-0.25, -0.2) is 9.97 Å². The lowest BCUT2D eigenvalue weighted by Gasteiger charge is -1.88. The Morgan fingerprint density at radius 2 is 2.23 bits per heavy atom. The minimum atomic E-state index is -0.0133. The van der Waals surface area contributed by atoms with Crippen molar-refractivity contribution in [2.24, 2.45) is 5.11 Å². The van der Waals surface area contributed by atoms with E-state index in [2.05, 4.69) is 31.8 Å². The molecule has 1 aromatic heterocycles. The molecule has 64 valence electrons. The van der Waals surface area contributed by atoms with Gasteiger partial charge in [-0.2, -0.15) is 0 Å². The van der Waals surface area contributed by atoms with Crippen LogP contribution in [0.3, 0.4) is 0 Å². The third-order valence-electron chi connectivity index (χ3n) is 1.05. The minimum absolute atomic E-state index is 0.0133. The van der Waals surface area contributed by atoms with E-state index < -0.39 is 0 Å². The summed E-state index contributed by atoms with van der Waals surface area (Å²) in [6, 6.07) is 0. The molecule has 0 aliphatic heterocycles. The van der Waals surface area contributed by atoms with Gasteiger partial charge < -0.3 is 5.11 Å². The molecule has 0 unspecified atom stereocenters. The average Bonchev–Trinajstić information content (AvgIpc) is 2.15. The van der Waals surface area contributed by atoms with Gasteiger partial charge >= 0.3 is 0 Å². The number of nitrogens with zero attached hydrogens (tertiary/aromatic N) is 5. The third-order valence-corrected chi connectivity index (χ3v) is 1.05. The monoisotopic (exact) mass is 175 g/mol. The summed E-state index contributed by atoms with van der Waals surface area (Å²) in [6.45, 7) is 0.0841. The number of rotatable bonds is 1. The molecule has 0 aliphatic carbocycles. The van der Waals surface area contributed by atoms with E-state index in [1.54, 1.807) is 0 Å². The van der Waals surface area contributed by atoms with Crippen LogP contribution in [0.25, 0.3) is 10.4 Å². The number of hydrogen-bond acceptors (Lipinski definition) is 4. The van der Waals surface area contributed by atoms with Gasteiger partial charge in [0.25, 0.3) is 0 Å². The topological polar surface area (TPSA) is 94.8 Å². The maximum atomic E-state index is 8.83. The molecule has 6 heteroatoms. The lowest BCUT2D eigenvalue weighted by Crippen LogP contribution is -1.86. The lowest BCUT2D eigenvalue weighted by atomic mass is 10.5. The fourth-order valence-corrected chi connectivity index (χ4v) is 0.571. The van der Waals surface area contributed by atoms with Crippen LogP contribution < -0.4 is 0 Å². The van der Waals surface area contributed by atoms with Gasteiger partial charge in [-0.1, -0.05) is 11.0 Å². The van der Waals surface area contributed by atoms with E-state index in [0.717, 1.165) is 0 Å². The van der Waals surface area contributed by atoms with E-state index in [-0.39, 0.29) is 18.1 Å². The van der Waals surface area contributed by atoms with Crippen LogP contribution in [0, 0.1) is 11.8 Å². The van der Waals surface area contributed by atoms with Crippen LogP contribution in [0.15, 0.2) is 17.5 Å². The van der Waals surface area contributed by atoms with Crippen LogP contribution in [-0.2, 0) is 0 Å². The summed E-state index contributed by atoms with van der Waals surface area (Å²) in [6.07, 6.45) is 2.48. The molecule has 0 bridgehead atoms. The number of aromatic nitrogens is 2. The number of azide groups is 1. The van der Waals surface area contributed by atoms with E-state index in [4.69, 9.17) is 10.6 Å². The van der Waals surface area contributed by atoms with Crippen LogP contribution in [-0.4, -0.2) is 21.6 Å². The van der Waals surface area contributed by atoms with Crippen molar-refractivity contribution >= 4 is 0 Å². The van der Waals surface area contributed by atoms with E-state index in [0.29, 0.717) is 0 Å². The molecule has 1 heterocycles. The van der Waals surface area contributed by atoms with E-state index >= 15 is 0 Å². The molecule has 0 saturated heterocycles. The molecule has 13 heavy (non-hydrogen) atoms. The Hall–Kier alpha value is -2.25. The highest BCUT2D eigenvalue weighted by atomic mass is 16.3. The van der Waals surface area contributed by atoms with Crippen molar-refractivity contribution in [3.05, 3.63) is 28.7 Å². The average molecular weight is 175 g/mol. The summed E-state index contributed by atoms with van der Waals surface area (Å²) in [5, 5.41) is 12.0. The van der Waals surface area contributed by atoms with Gasteiger partial charge in [0.05, 0.1) is 18.9 Å². The predicted octanol–water partition coefficient (Wildman–Crippen LogP) is 0.844. The van der Waals surface area contributed by atoms with Crippen molar-refractivity contribution < 1.29 is 5.11 Å². The molecular formula is C7H5N5O. The van der Waals surface area contributed by atoms with Crippen LogP contribution in [0.4, 0.5) is 0 Å². The zero-order chi connectivity index (χ0) is 9.52. The standard InChI is InChI=1S/C7H5N5O/c8-12-11-3-1-2-7-9-4-6(13)5-10-7/h4-5,13H,3H2. The second-order valence-corrected chi connectivity index (χ2v) is 1.96. The Bertz CT molecular complexity index is 382. The van der Waals surface area contributed by atoms with Crippen LogP contribution in [0.5, 0.6) is 5.75 Å². The van der Waals surface area contributed by atoms with E-state index in [1.807, 2.05) is 0 Å². The predicted molar refractivity (Wildman–Crippen MR) is 44.6 cm³/mol. The molecule has 1 aromatic rings. The highest BCUT2D eigenvalue weighted by Gasteiger charge is 1.89. The number of hydrogen-bond donors (Lipinski definition) is 1. The van der Waals surface area contributed by atoms with Gasteiger partial charge in [0.1, 0.15) is 0 Å². The Morgan fingerprint density at radius 3 is 2.85 bits per heavy atom. The highest BCUT2D eigenvalue weighted by molar-refractivity contribution is 5.23. The summed E-state index contributed by atoms with van der Waals surface area (Å²) in [7, 11) is 0. The normalized spacial score (nSPS) is 8.00. The maximum Gasteiger partial charge on any atom is 0.205 e. The fourth-order valence-electron chi connectivity index (χ4n) is 0.571. The molecule has 0 radical (unpaired) electrons. The van der Waals surface area contributed by atoms with Crippen molar-refractivity contribution in [2.75, 3.05) is 6.54 Å². The fraction of sp³-hybridized carbons (Fsp3) is 0.143. The smallest absolute Gasteiger partial charge is 0.205 e. The molecule has 1 N–H and O–H groups in total. The summed E-state index contributed by atoms with van der Waals surface area (Å²) < 4.78 is 0. The van der Waals surface area contributed by atoms with Crippen LogP contribution >= 0.6 is 0 Å². The molecule has 6 nitrogen and oxygen atoms in total. The Kier molecular flexibility index (Phi) is 3.12. The third kappa shape index (κ3) is 3.10. The minimum Gasteiger partial charge on any atom is -0.505 e. The lowest BCUT2D eigenvalue weighted by molar-refractivity contribution is 0.469. The molecule has 0 saturated carbocycles. The van der Waals surface area contributed by atoms with Crippen molar-refractivity contribution in [3.63, 3.8) is 0 Å². The van der Waals surface area contributed by atoms with Crippen LogP contribution in [0.1, 0.15) is 5.82 Å². The summed E-state index contributed by atoms with van der Waals surface area (Å²) in [4.78, 5) is 9.94. The molecule has 0 spiro atoms. The number of aromatic hydroxyl groups is 1. The van der Waals surface area contributed by atoms with E-state index in [1.165, 1.54) is 12.4 Å². The Balaban J connectivity index is 2.66. The zero-order valence-corrected chi connectivity index (χ0v) is 6.55. The molecule has 1 rings (SSSR count). The maximum absolute atomic E-state index is 8.83. The first-order valence-corrected chi connectivity index (χ1v) is 3.33. The van der Waals surface area contributed by atoms with Gasteiger partial charge in [0.2, 0.25) is 5.82 Å². The van der Waals surface area contributed by atoms with Crippen molar-refractivity contribution in [1.29, 1.82) is 0 Å². The molecule has 0 fully saturated rings. The molecule has 0 amide bonds. The first kappa shape index (κ1) is 8.84. The second kappa shape index (κ2) is 4.59. The zero-order valence-electron chi connectivity index (χ0n) is 6.55. The Labute approximate surface area is 73.9 Å². The van der Waals surface area contributed by atoms with E-state index in [9.17, 15) is 0 Å². The summed E-state index contributed by atoms with van der Waals surface area (Å²) >= 11 is 0. The highest BCUT2D eigenvalue weighted by Crippen LogP contribution is 2.00. The first-order valence-electron chi connectivity index (χ1n) is 3.33. The molecule has 0 aliphatic rings. The van der Waals surface area contributed by atoms with Gasteiger partial charge in [0, 0.05) is 4.91 Å². The largest absolute Gasteiger partial charge is 0.505 e. The molecule has 0 atom stereocenters. The summed E-state index contributed by atoms with van der Waals surface area (Å²) in [5.41, 5.74) is 7.93. The summed E-state index contributed by atoms with van der Waals surface area (Å²) in [5.74, 6) is 5.37. The van der Waals surface area contributed by atoms with Gasteiger partial charge in [-0.3, -0.25) is 0 Å². The quantitative estimate of drug-likeness (QED) is 0.296. The Morgan fingerprint density at radius 1 is 1.54 bits per heavy atom. The molecule has 0 aromatic carbocycles. The van der Waals surface area contributed by atoms with Crippen molar-refractivity contribution in [1.82, 2.24) is 9.97 Å². The first-order chi connectivity index (χ1) is 6.33. The van der Waals surface area contributed by atoms with Gasteiger partial charge in [-0.05, 0) is 11.5 Å². The van der Waals surface area contributed by atoms with Crippen molar-refractivity contribution in [2.45, 2.75) is 0 Å². The second-order valence-electron chi connectivity index (χ2n) is 1.96. The van der Waals surface area contributed by atoms with Crippen LogP contribution in [0.2, 0.25) is 0 Å². The SMILES string of the molecule is [N-]=[N+]=NCC#Cc1ncc(O)cn1. The van der Waals surface area contributed by atoms with Gasteiger partial charge in [-0.15, -0.1) is 0 Å². The van der Waals surface area contributed by atoms with Gasteiger partial charge in [0.15, 0.2) is 5.75 Å². The molecular weight excluding hydrogens is 170 g/mol. The van der Waals surface area contributed by atoms with Crippen molar-refractivity contribution in [3.8, 4) is 17.6 Å².